The summed E-state index contributed by atoms with van der Waals surface area (Å²) < 4.78 is 7.92. The van der Waals surface area contributed by atoms with Crippen LogP contribution in [0.1, 0.15) is 40.2 Å². The molecular weight excluding hydrogens is 434 g/mol. The maximum absolute atomic E-state index is 13.8. The van der Waals surface area contributed by atoms with Crippen molar-refractivity contribution in [3.05, 3.63) is 62.7 Å². The van der Waals surface area contributed by atoms with Gasteiger partial charge in [-0.05, 0) is 95.1 Å². The van der Waals surface area contributed by atoms with Gasteiger partial charge in [0, 0.05) is 22.7 Å². The average Bonchev–Trinajstić information content (AvgIpc) is 3.25. The summed E-state index contributed by atoms with van der Waals surface area (Å²) in [6, 6.07) is 12.8. The Kier molecular flexibility index (Phi) is 3.73. The van der Waals surface area contributed by atoms with Gasteiger partial charge < -0.3 is 4.74 Å². The molecule has 0 bridgehead atoms. The lowest BCUT2D eigenvalue weighted by Crippen LogP contribution is -2.27. The van der Waals surface area contributed by atoms with Gasteiger partial charge in [0.05, 0.1) is 10.8 Å². The van der Waals surface area contributed by atoms with Crippen molar-refractivity contribution in [1.29, 1.82) is 0 Å². The zero-order valence-electron chi connectivity index (χ0n) is 20.9. The summed E-state index contributed by atoms with van der Waals surface area (Å²) in [6.45, 7) is 12.7. The third-order valence-electron chi connectivity index (χ3n) is 7.47. The van der Waals surface area contributed by atoms with Gasteiger partial charge in [0.25, 0.3) is 11.1 Å². The Labute approximate surface area is 202 Å². The Morgan fingerprint density at radius 2 is 1.29 bits per heavy atom. The second-order valence-electron chi connectivity index (χ2n) is 11.6. The van der Waals surface area contributed by atoms with Crippen LogP contribution in [-0.4, -0.2) is 10.2 Å². The fourth-order valence-corrected chi connectivity index (χ4v) is 6.32. The second kappa shape index (κ2) is 6.31. The van der Waals surface area contributed by atoms with Crippen LogP contribution in [0.2, 0.25) is 0 Å². The molecule has 4 heteroatoms. The van der Waals surface area contributed by atoms with Gasteiger partial charge in [-0.1, -0.05) is 32.0 Å². The number of rotatable bonds is 3. The fourth-order valence-electron chi connectivity index (χ4n) is 6.32. The van der Waals surface area contributed by atoms with Gasteiger partial charge >= 0.3 is 0 Å². The third kappa shape index (κ3) is 2.47. The molecule has 174 valence electrons. The van der Waals surface area contributed by atoms with Crippen LogP contribution in [0.3, 0.4) is 0 Å². The first kappa shape index (κ1) is 20.7. The molecular formula is C31H27NO3. The van der Waals surface area contributed by atoms with Gasteiger partial charge in [-0.15, -0.1) is 0 Å². The number of aromatic nitrogens is 1. The molecule has 7 rings (SSSR count). The number of nitrogens with zero attached hydrogens (tertiary/aromatic N) is 1. The Bertz CT molecular complexity index is 2060. The largest absolute Gasteiger partial charge is 0.487 e. The number of ether oxygens (including phenoxy) is 1. The Morgan fingerprint density at radius 1 is 0.743 bits per heavy atom. The predicted molar refractivity (Wildman–Crippen MR) is 147 cm³/mol. The van der Waals surface area contributed by atoms with E-state index >= 15 is 0 Å². The van der Waals surface area contributed by atoms with Gasteiger partial charge in [0.15, 0.2) is 0 Å². The van der Waals surface area contributed by atoms with E-state index < -0.39 is 5.60 Å². The summed E-state index contributed by atoms with van der Waals surface area (Å²) in [5, 5.41) is 12.0. The number of aryl methyl sites for hydroxylation is 1. The third-order valence-corrected chi connectivity index (χ3v) is 7.47. The fraction of sp³-hybridized carbons (Fsp3) is 0.290. The quantitative estimate of drug-likeness (QED) is 0.266. The highest BCUT2D eigenvalue weighted by molar-refractivity contribution is 6.48. The summed E-state index contributed by atoms with van der Waals surface area (Å²) in [7, 11) is 0. The molecule has 1 heterocycles. The number of fused-ring (bicyclic) bond motifs is 3. The van der Waals surface area contributed by atoms with Crippen LogP contribution >= 0.6 is 0 Å². The monoisotopic (exact) mass is 461 g/mol. The first-order valence-corrected chi connectivity index (χ1v) is 12.4. The molecule has 7 aromatic rings. The molecule has 35 heavy (non-hydrogen) atoms. The number of hydrogen-bond acceptors (Lipinski definition) is 3. The Hall–Kier alpha value is -3.66. The van der Waals surface area contributed by atoms with Crippen molar-refractivity contribution in [2.24, 2.45) is 5.92 Å². The Balaban J connectivity index is 1.86. The topological polar surface area (TPSA) is 48.3 Å². The lowest BCUT2D eigenvalue weighted by molar-refractivity contribution is 0.133. The molecule has 0 saturated heterocycles. The molecule has 0 aliphatic heterocycles. The summed E-state index contributed by atoms with van der Waals surface area (Å²) in [4.78, 5) is 27.6. The molecule has 0 aliphatic rings. The molecule has 6 aromatic carbocycles. The van der Waals surface area contributed by atoms with E-state index in [1.807, 2.05) is 40.7 Å². The van der Waals surface area contributed by atoms with E-state index in [9.17, 15) is 9.59 Å². The lowest BCUT2D eigenvalue weighted by atomic mass is 9.93. The first-order chi connectivity index (χ1) is 16.6. The molecule has 0 saturated carbocycles. The van der Waals surface area contributed by atoms with Crippen LogP contribution in [0.5, 0.6) is 5.75 Å². The highest BCUT2D eigenvalue weighted by atomic mass is 16.5. The van der Waals surface area contributed by atoms with E-state index in [4.69, 9.17) is 4.74 Å². The van der Waals surface area contributed by atoms with Gasteiger partial charge in [-0.3, -0.25) is 14.2 Å². The van der Waals surface area contributed by atoms with Crippen molar-refractivity contribution in [2.45, 2.75) is 53.7 Å². The molecule has 4 nitrogen and oxygen atoms in total. The number of benzene rings is 5. The molecule has 0 amide bonds. The van der Waals surface area contributed by atoms with Crippen LogP contribution in [0, 0.1) is 12.8 Å². The van der Waals surface area contributed by atoms with E-state index in [0.29, 0.717) is 17.3 Å². The van der Waals surface area contributed by atoms with Crippen molar-refractivity contribution in [1.82, 2.24) is 4.57 Å². The van der Waals surface area contributed by atoms with E-state index in [0.717, 1.165) is 43.6 Å². The smallest absolute Gasteiger partial charge is 0.262 e. The molecule has 0 aliphatic carbocycles. The first-order valence-electron chi connectivity index (χ1n) is 12.4. The van der Waals surface area contributed by atoms with Crippen LogP contribution in [0.4, 0.5) is 0 Å². The summed E-state index contributed by atoms with van der Waals surface area (Å²) >= 11 is 0. The predicted octanol–water partition coefficient (Wildman–Crippen LogP) is 7.02. The van der Waals surface area contributed by atoms with Crippen molar-refractivity contribution in [3.63, 3.8) is 0 Å². The van der Waals surface area contributed by atoms with Gasteiger partial charge in [-0.25, -0.2) is 0 Å². The van der Waals surface area contributed by atoms with Crippen molar-refractivity contribution in [3.8, 4) is 5.75 Å². The van der Waals surface area contributed by atoms with Gasteiger partial charge in [0.2, 0.25) is 0 Å². The number of hydrogen-bond donors (Lipinski definition) is 0. The average molecular weight is 462 g/mol. The van der Waals surface area contributed by atoms with E-state index in [-0.39, 0.29) is 17.0 Å². The second-order valence-corrected chi connectivity index (χ2v) is 11.6. The van der Waals surface area contributed by atoms with Crippen molar-refractivity contribution in [2.75, 3.05) is 0 Å². The molecule has 0 radical (unpaired) electrons. The molecule has 0 unspecified atom stereocenters. The Morgan fingerprint density at radius 3 is 1.89 bits per heavy atom. The van der Waals surface area contributed by atoms with Crippen LogP contribution in [-0.2, 0) is 6.54 Å². The maximum Gasteiger partial charge on any atom is 0.262 e. The minimum atomic E-state index is -0.407. The zero-order valence-corrected chi connectivity index (χ0v) is 20.9. The van der Waals surface area contributed by atoms with Gasteiger partial charge in [0.1, 0.15) is 11.4 Å². The molecule has 0 spiro atoms. The van der Waals surface area contributed by atoms with E-state index in [1.165, 1.54) is 26.1 Å². The SMILES string of the molecule is Cc1cc2c3c(=O)n(CC(C)C)c(=O)c3c3cc(OC(C)(C)C)c4ccc5ccc1c1c5c4c3c21. The molecule has 0 N–H and O–H groups in total. The van der Waals surface area contributed by atoms with Crippen molar-refractivity contribution < 1.29 is 4.74 Å². The molecule has 1 aromatic heterocycles. The van der Waals surface area contributed by atoms with Crippen LogP contribution in [0.25, 0.3) is 64.6 Å². The zero-order chi connectivity index (χ0) is 24.5. The van der Waals surface area contributed by atoms with Crippen LogP contribution in [0.15, 0.2) is 46.0 Å². The highest BCUT2D eigenvalue weighted by Crippen LogP contribution is 2.52. The minimum absolute atomic E-state index is 0.180. The maximum atomic E-state index is 13.8. The normalized spacial score (nSPS) is 13.5. The standard InChI is InChI=1S/C31H27NO3/c1-14(2)13-32-29(33)27-19-11-15(3)17-9-7-16-8-10-18-21(35-31(4,5)6)12-20(28(27)30(32)34)26-24(18)22(16)23(17)25(19)26/h7-12,14H,13H2,1-6H3. The van der Waals surface area contributed by atoms with Gasteiger partial charge in [-0.2, -0.15) is 0 Å². The van der Waals surface area contributed by atoms with Crippen molar-refractivity contribution >= 4 is 64.6 Å². The summed E-state index contributed by atoms with van der Waals surface area (Å²) in [5.41, 5.74) is 0.341. The van der Waals surface area contributed by atoms with E-state index in [2.05, 4.69) is 37.3 Å². The molecule has 0 atom stereocenters. The minimum Gasteiger partial charge on any atom is -0.487 e. The summed E-state index contributed by atoms with van der Waals surface area (Å²) in [6.07, 6.45) is 0. The highest BCUT2D eigenvalue weighted by Gasteiger charge is 2.29. The lowest BCUT2D eigenvalue weighted by Gasteiger charge is -2.23. The summed E-state index contributed by atoms with van der Waals surface area (Å²) in [5.74, 6) is 0.949. The van der Waals surface area contributed by atoms with Crippen LogP contribution < -0.4 is 15.9 Å². The van der Waals surface area contributed by atoms with E-state index in [1.54, 1.807) is 0 Å². The molecule has 0 fully saturated rings.